The van der Waals surface area contributed by atoms with Crippen molar-refractivity contribution in [3.8, 4) is 16.9 Å². The molecule has 0 aromatic heterocycles. The zero-order valence-corrected chi connectivity index (χ0v) is 27.5. The van der Waals surface area contributed by atoms with E-state index in [1.54, 1.807) is 18.2 Å². The Hall–Kier alpha value is -3.19. The van der Waals surface area contributed by atoms with Crippen LogP contribution in [0.2, 0.25) is 0 Å². The molecule has 0 spiro atoms. The summed E-state index contributed by atoms with van der Waals surface area (Å²) in [6.07, 6.45) is 3.25. The Bertz CT molecular complexity index is 1480. The van der Waals surface area contributed by atoms with Crippen LogP contribution in [0.5, 0.6) is 5.75 Å². The van der Waals surface area contributed by atoms with Gasteiger partial charge in [-0.3, -0.25) is 10.1 Å². The number of piperidine rings is 1. The third-order valence-corrected chi connectivity index (χ3v) is 9.31. The number of epoxide rings is 1. The summed E-state index contributed by atoms with van der Waals surface area (Å²) in [6.45, 7) is -0.0995. The predicted octanol–water partition coefficient (Wildman–Crippen LogP) is 2.13. The number of fused-ring (bicyclic) bond motifs is 5. The summed E-state index contributed by atoms with van der Waals surface area (Å²) in [5.74, 6) is 0.386. The second-order valence-electron chi connectivity index (χ2n) is 12.3. The first kappa shape index (κ1) is 32.2. The van der Waals surface area contributed by atoms with E-state index in [2.05, 4.69) is 24.7 Å². The van der Waals surface area contributed by atoms with Crippen molar-refractivity contribution in [2.75, 3.05) is 31.8 Å². The van der Waals surface area contributed by atoms with Crippen LogP contribution in [-0.4, -0.2) is 73.2 Å². The van der Waals surface area contributed by atoms with Crippen LogP contribution in [0.1, 0.15) is 36.8 Å². The van der Waals surface area contributed by atoms with Crippen LogP contribution >= 0.6 is 0 Å². The molecule has 3 aliphatic rings. The van der Waals surface area contributed by atoms with Gasteiger partial charge >= 0.3 is 6.09 Å². The SMILES string of the molecule is COc1cc(CO)ccc1NC(=O)CCCc1ccc(-c2ccccc2)c(NC(=O)O[C@@H]2C[C@@H]3[C@H]4O[C@H]4[C@H](C2)[N+]3(C)C)c1.[I-]. The highest BCUT2D eigenvalue weighted by Crippen LogP contribution is 2.51. The first-order chi connectivity index (χ1) is 20.8. The maximum atomic E-state index is 13.2. The third kappa shape index (κ3) is 6.73. The van der Waals surface area contributed by atoms with E-state index in [9.17, 15) is 14.7 Å². The number of ether oxygens (including phenoxy) is 3. The number of hydrogen-bond acceptors (Lipinski definition) is 6. The number of anilines is 2. The molecule has 0 saturated carbocycles. The first-order valence-corrected chi connectivity index (χ1v) is 15.0. The second kappa shape index (κ2) is 13.4. The molecule has 6 rings (SSSR count). The van der Waals surface area contributed by atoms with Gasteiger partial charge in [-0.2, -0.15) is 0 Å². The molecule has 2 amide bonds. The van der Waals surface area contributed by atoms with Crippen molar-refractivity contribution in [3.05, 3.63) is 77.9 Å². The number of methoxy groups -OCH3 is 1. The molecule has 0 aliphatic carbocycles. The fourth-order valence-electron chi connectivity index (χ4n) is 6.91. The molecule has 2 bridgehead atoms. The van der Waals surface area contributed by atoms with Gasteiger partial charge in [0.25, 0.3) is 0 Å². The van der Waals surface area contributed by atoms with Gasteiger partial charge < -0.3 is 53.1 Å². The molecule has 3 aromatic carbocycles. The van der Waals surface area contributed by atoms with Gasteiger partial charge in [-0.15, -0.1) is 0 Å². The average Bonchev–Trinajstić information content (AvgIpc) is 3.77. The molecule has 0 unspecified atom stereocenters. The molecule has 3 fully saturated rings. The monoisotopic (exact) mass is 713 g/mol. The number of carbonyl (C=O) groups excluding carboxylic acids is 2. The van der Waals surface area contributed by atoms with Gasteiger partial charge in [-0.05, 0) is 47.7 Å². The van der Waals surface area contributed by atoms with Gasteiger partial charge in [0.05, 0.1) is 39.2 Å². The Kier molecular flexibility index (Phi) is 9.83. The minimum atomic E-state index is -0.443. The molecule has 3 aliphatic heterocycles. The summed E-state index contributed by atoms with van der Waals surface area (Å²) in [6, 6.07) is 21.9. The van der Waals surface area contributed by atoms with Gasteiger partial charge in [-0.25, -0.2) is 4.79 Å². The molecule has 5 atom stereocenters. The number of nitrogens with zero attached hydrogens (tertiary/aromatic N) is 1. The topological polar surface area (TPSA) is 109 Å². The zero-order chi connectivity index (χ0) is 30.1. The lowest BCUT2D eigenvalue weighted by molar-refractivity contribution is -0.938. The Morgan fingerprint density at radius 2 is 1.64 bits per heavy atom. The van der Waals surface area contributed by atoms with Crippen LogP contribution in [-0.2, 0) is 27.3 Å². The highest BCUT2D eigenvalue weighted by atomic mass is 127. The number of hydrogen-bond donors (Lipinski definition) is 3. The first-order valence-electron chi connectivity index (χ1n) is 15.0. The number of quaternary nitrogens is 1. The number of carbonyl (C=O) groups is 2. The van der Waals surface area contributed by atoms with Gasteiger partial charge in [-0.1, -0.05) is 48.5 Å². The molecule has 44 heavy (non-hydrogen) atoms. The number of aryl methyl sites for hydroxylation is 1. The average molecular weight is 714 g/mol. The minimum absolute atomic E-state index is 0. The third-order valence-electron chi connectivity index (χ3n) is 9.31. The number of amides is 2. The van der Waals surface area contributed by atoms with E-state index >= 15 is 0 Å². The second-order valence-corrected chi connectivity index (χ2v) is 12.3. The van der Waals surface area contributed by atoms with E-state index in [0.717, 1.165) is 34.0 Å². The van der Waals surface area contributed by atoms with Gasteiger partial charge in [0.1, 0.15) is 36.1 Å². The van der Waals surface area contributed by atoms with Gasteiger partial charge in [0.15, 0.2) is 0 Å². The van der Waals surface area contributed by atoms with E-state index in [4.69, 9.17) is 14.2 Å². The van der Waals surface area contributed by atoms with Crippen molar-refractivity contribution in [1.82, 2.24) is 0 Å². The van der Waals surface area contributed by atoms with Crippen molar-refractivity contribution < 1.29 is 57.4 Å². The van der Waals surface area contributed by atoms with Crippen molar-refractivity contribution in [1.29, 1.82) is 0 Å². The van der Waals surface area contributed by atoms with Crippen molar-refractivity contribution in [2.24, 2.45) is 0 Å². The molecular weight excluding hydrogens is 673 g/mol. The van der Waals surface area contributed by atoms with Crippen LogP contribution in [0, 0.1) is 0 Å². The standard InChI is InChI=1S/C34H39N3O6.HI/c1-37(2)28-18-24(19-29(37)33-32(28)43-33)42-34(40)36-27-16-21(12-14-25(27)23-9-5-4-6-10-23)8-7-11-31(39)35-26-15-13-22(20-38)17-30(26)41-3;/h4-6,9-10,12-17,24,28-29,32-33,38H,7-8,11,18-20H2,1-3H3,(H-,35,36,39,40);1H/t24-,28-,29+,32-,33+;. The lowest BCUT2D eigenvalue weighted by Crippen LogP contribution is -3.00. The molecule has 3 aromatic rings. The summed E-state index contributed by atoms with van der Waals surface area (Å²) >= 11 is 0. The van der Waals surface area contributed by atoms with Crippen molar-refractivity contribution >= 4 is 23.4 Å². The number of aliphatic hydroxyl groups is 1. The molecule has 3 N–H and O–H groups in total. The Morgan fingerprint density at radius 3 is 2.32 bits per heavy atom. The van der Waals surface area contributed by atoms with Crippen molar-refractivity contribution in [2.45, 2.75) is 69.1 Å². The quantitative estimate of drug-likeness (QED) is 0.169. The minimum Gasteiger partial charge on any atom is -1.00 e. The van der Waals surface area contributed by atoms with E-state index < -0.39 is 6.09 Å². The van der Waals surface area contributed by atoms with Crippen LogP contribution in [0.25, 0.3) is 11.1 Å². The molecule has 234 valence electrons. The summed E-state index contributed by atoms with van der Waals surface area (Å²) in [4.78, 5) is 25.9. The van der Waals surface area contributed by atoms with Gasteiger partial charge in [0, 0.05) is 24.8 Å². The van der Waals surface area contributed by atoms with Crippen LogP contribution in [0.4, 0.5) is 16.2 Å². The van der Waals surface area contributed by atoms with E-state index in [1.165, 1.54) is 7.11 Å². The predicted molar refractivity (Wildman–Crippen MR) is 164 cm³/mol. The number of aliphatic hydroxyl groups excluding tert-OH is 1. The molecule has 9 nitrogen and oxygen atoms in total. The van der Waals surface area contributed by atoms with Crippen LogP contribution < -0.4 is 39.3 Å². The maximum absolute atomic E-state index is 13.2. The fourth-order valence-corrected chi connectivity index (χ4v) is 6.91. The molecular formula is C34H40IN3O6. The van der Waals surface area contributed by atoms with E-state index in [1.807, 2.05) is 48.5 Å². The zero-order valence-electron chi connectivity index (χ0n) is 25.3. The Morgan fingerprint density at radius 1 is 0.932 bits per heavy atom. The molecule has 10 heteroatoms. The fraction of sp³-hybridized carbons (Fsp3) is 0.412. The Balaban J connectivity index is 0.00000384. The number of halogens is 1. The highest BCUT2D eigenvalue weighted by Gasteiger charge is 2.70. The lowest BCUT2D eigenvalue weighted by Gasteiger charge is -2.45. The number of likely N-dealkylation sites (N-methyl/N-ethyl adjacent to an activating group) is 1. The summed E-state index contributed by atoms with van der Waals surface area (Å²) in [7, 11) is 6.05. The smallest absolute Gasteiger partial charge is 0.411 e. The largest absolute Gasteiger partial charge is 1.00 e. The van der Waals surface area contributed by atoms with Crippen LogP contribution in [0.3, 0.4) is 0 Å². The van der Waals surface area contributed by atoms with Crippen LogP contribution in [0.15, 0.2) is 66.7 Å². The lowest BCUT2D eigenvalue weighted by atomic mass is 9.96. The molecule has 3 saturated heterocycles. The summed E-state index contributed by atoms with van der Waals surface area (Å²) < 4.78 is 18.1. The van der Waals surface area contributed by atoms with E-state index in [0.29, 0.717) is 66.2 Å². The van der Waals surface area contributed by atoms with Crippen molar-refractivity contribution in [3.63, 3.8) is 0 Å². The number of nitrogens with one attached hydrogen (secondary N) is 2. The normalized spacial score (nSPS) is 24.0. The maximum Gasteiger partial charge on any atom is 0.411 e. The van der Waals surface area contributed by atoms with E-state index in [-0.39, 0.29) is 42.6 Å². The summed E-state index contributed by atoms with van der Waals surface area (Å²) in [5.41, 5.74) is 4.89. The number of benzene rings is 3. The summed E-state index contributed by atoms with van der Waals surface area (Å²) in [5, 5.41) is 15.3. The number of rotatable bonds is 10. The molecule has 3 heterocycles. The van der Waals surface area contributed by atoms with Gasteiger partial charge in [0.2, 0.25) is 5.91 Å². The number of morpholine rings is 1. The Labute approximate surface area is 275 Å². The highest BCUT2D eigenvalue weighted by molar-refractivity contribution is 5.93. The molecule has 0 radical (unpaired) electrons.